The average Bonchev–Trinajstić information content (AvgIpc) is 3.23. The van der Waals surface area contributed by atoms with Gasteiger partial charge in [0, 0.05) is 11.6 Å². The van der Waals surface area contributed by atoms with Gasteiger partial charge in [0.25, 0.3) is 0 Å². The van der Waals surface area contributed by atoms with Gasteiger partial charge in [0.05, 0.1) is 18.0 Å². The Bertz CT molecular complexity index is 884. The fraction of sp³-hybridized carbons (Fsp3) is 0.381. The molecule has 0 unspecified atom stereocenters. The smallest absolute Gasteiger partial charge is 0.343 e. The molecule has 0 radical (unpaired) electrons. The van der Waals surface area contributed by atoms with Crippen LogP contribution >= 0.6 is 0 Å². The molecule has 2 bridgehead atoms. The van der Waals surface area contributed by atoms with Gasteiger partial charge in [0.1, 0.15) is 11.4 Å². The number of rotatable bonds is 3. The molecule has 0 aromatic heterocycles. The van der Waals surface area contributed by atoms with Crippen LogP contribution in [0.4, 0.5) is 11.4 Å². The number of benzene rings is 1. The van der Waals surface area contributed by atoms with Crippen molar-refractivity contribution in [1.29, 1.82) is 0 Å². The maximum atomic E-state index is 12.9. The number of amidine groups is 1. The van der Waals surface area contributed by atoms with E-state index in [0.717, 1.165) is 18.5 Å². The molecule has 4 rings (SSSR count). The lowest BCUT2D eigenvalue weighted by Crippen LogP contribution is -2.40. The van der Waals surface area contributed by atoms with Crippen LogP contribution in [-0.4, -0.2) is 24.3 Å². The van der Waals surface area contributed by atoms with Crippen molar-refractivity contribution in [3.63, 3.8) is 0 Å². The SMILES string of the molecule is CCOC(=O)C1=C(C)Nc2ccccc2N=C1NC(=O)[C@H]1C[C@H]2C=C[C@H]1C2. The number of anilines is 1. The second-order valence-electron chi connectivity index (χ2n) is 7.20. The van der Waals surface area contributed by atoms with Crippen LogP contribution in [0.5, 0.6) is 0 Å². The third-order valence-electron chi connectivity index (χ3n) is 5.41. The summed E-state index contributed by atoms with van der Waals surface area (Å²) in [6.07, 6.45) is 6.23. The number of fused-ring (bicyclic) bond motifs is 3. The van der Waals surface area contributed by atoms with E-state index in [2.05, 4.69) is 27.8 Å². The van der Waals surface area contributed by atoms with Gasteiger partial charge in [-0.15, -0.1) is 0 Å². The predicted molar refractivity (Wildman–Crippen MR) is 103 cm³/mol. The number of hydrogen-bond donors (Lipinski definition) is 2. The normalized spacial score (nSPS) is 25.4. The average molecular weight is 365 g/mol. The number of ether oxygens (including phenoxy) is 1. The number of para-hydroxylation sites is 2. The van der Waals surface area contributed by atoms with Gasteiger partial charge in [-0.05, 0) is 50.7 Å². The molecule has 3 aliphatic rings. The maximum absolute atomic E-state index is 12.9. The Kier molecular flexibility index (Phi) is 4.56. The Morgan fingerprint density at radius 3 is 2.78 bits per heavy atom. The number of nitrogens with one attached hydrogen (secondary N) is 2. The largest absolute Gasteiger partial charge is 0.462 e. The number of esters is 1. The van der Waals surface area contributed by atoms with Gasteiger partial charge in [-0.25, -0.2) is 9.79 Å². The third-order valence-corrected chi connectivity index (χ3v) is 5.41. The molecule has 140 valence electrons. The zero-order valence-corrected chi connectivity index (χ0v) is 15.5. The number of aliphatic imine (C=N–C) groups is 1. The minimum atomic E-state index is -0.498. The molecular weight excluding hydrogens is 342 g/mol. The summed E-state index contributed by atoms with van der Waals surface area (Å²) in [7, 11) is 0. The van der Waals surface area contributed by atoms with E-state index in [9.17, 15) is 9.59 Å². The molecule has 2 aliphatic carbocycles. The molecule has 1 saturated carbocycles. The first kappa shape index (κ1) is 17.5. The van der Waals surface area contributed by atoms with Gasteiger partial charge in [-0.1, -0.05) is 24.3 Å². The summed E-state index contributed by atoms with van der Waals surface area (Å²) in [6.45, 7) is 3.79. The van der Waals surface area contributed by atoms with E-state index in [1.165, 1.54) is 0 Å². The quantitative estimate of drug-likeness (QED) is 0.636. The van der Waals surface area contributed by atoms with E-state index in [0.29, 0.717) is 17.3 Å². The molecule has 1 aromatic carbocycles. The van der Waals surface area contributed by atoms with Crippen LogP contribution in [-0.2, 0) is 14.3 Å². The molecule has 1 fully saturated rings. The van der Waals surface area contributed by atoms with E-state index >= 15 is 0 Å². The number of amides is 1. The van der Waals surface area contributed by atoms with Gasteiger partial charge in [-0.2, -0.15) is 0 Å². The number of hydrogen-bond acceptors (Lipinski definition) is 5. The highest BCUT2D eigenvalue weighted by molar-refractivity contribution is 6.24. The maximum Gasteiger partial charge on any atom is 0.343 e. The molecule has 1 heterocycles. The Morgan fingerprint density at radius 1 is 1.26 bits per heavy atom. The molecule has 3 atom stereocenters. The first-order valence-corrected chi connectivity index (χ1v) is 9.39. The van der Waals surface area contributed by atoms with Crippen LogP contribution in [0.2, 0.25) is 0 Å². The van der Waals surface area contributed by atoms with E-state index in [-0.39, 0.29) is 35.8 Å². The van der Waals surface area contributed by atoms with E-state index in [1.54, 1.807) is 13.8 Å². The summed E-state index contributed by atoms with van der Waals surface area (Å²) in [4.78, 5) is 30.1. The van der Waals surface area contributed by atoms with Crippen molar-refractivity contribution >= 4 is 29.1 Å². The lowest BCUT2D eigenvalue weighted by atomic mass is 9.92. The van der Waals surface area contributed by atoms with Crippen LogP contribution < -0.4 is 10.6 Å². The monoisotopic (exact) mass is 365 g/mol. The summed E-state index contributed by atoms with van der Waals surface area (Å²) >= 11 is 0. The summed E-state index contributed by atoms with van der Waals surface area (Å²) < 4.78 is 5.21. The van der Waals surface area contributed by atoms with Crippen molar-refractivity contribution in [3.05, 3.63) is 47.7 Å². The zero-order chi connectivity index (χ0) is 19.0. The van der Waals surface area contributed by atoms with Crippen molar-refractivity contribution in [2.45, 2.75) is 26.7 Å². The van der Waals surface area contributed by atoms with Gasteiger partial charge < -0.3 is 15.4 Å². The Morgan fingerprint density at radius 2 is 2.07 bits per heavy atom. The van der Waals surface area contributed by atoms with Gasteiger partial charge in [0.2, 0.25) is 5.91 Å². The number of carbonyl (C=O) groups excluding carboxylic acids is 2. The molecule has 6 heteroatoms. The summed E-state index contributed by atoms with van der Waals surface area (Å²) in [5, 5.41) is 6.14. The molecule has 6 nitrogen and oxygen atoms in total. The molecule has 1 aliphatic heterocycles. The lowest BCUT2D eigenvalue weighted by Gasteiger charge is -2.19. The van der Waals surface area contributed by atoms with Crippen molar-refractivity contribution in [3.8, 4) is 0 Å². The summed E-state index contributed by atoms with van der Waals surface area (Å²) in [5.41, 5.74) is 2.31. The summed E-state index contributed by atoms with van der Waals surface area (Å²) in [5.74, 6) is 0.369. The molecule has 2 N–H and O–H groups in total. The second-order valence-corrected chi connectivity index (χ2v) is 7.20. The van der Waals surface area contributed by atoms with Crippen molar-refractivity contribution in [2.75, 3.05) is 11.9 Å². The van der Waals surface area contributed by atoms with Crippen LogP contribution in [0.25, 0.3) is 0 Å². The minimum absolute atomic E-state index is 0.0714. The highest BCUT2D eigenvalue weighted by atomic mass is 16.5. The van der Waals surface area contributed by atoms with Gasteiger partial charge >= 0.3 is 5.97 Å². The fourth-order valence-corrected chi connectivity index (χ4v) is 4.13. The van der Waals surface area contributed by atoms with Crippen LogP contribution in [0, 0.1) is 17.8 Å². The van der Waals surface area contributed by atoms with E-state index in [1.807, 2.05) is 24.3 Å². The van der Waals surface area contributed by atoms with Crippen molar-refractivity contribution < 1.29 is 14.3 Å². The molecular formula is C21H23N3O3. The minimum Gasteiger partial charge on any atom is -0.462 e. The van der Waals surface area contributed by atoms with Crippen molar-refractivity contribution in [2.24, 2.45) is 22.7 Å². The standard InChI is InChI=1S/C21H23N3O3/c1-3-27-21(26)18-12(2)22-16-6-4-5-7-17(16)23-19(18)24-20(25)15-11-13-8-9-14(15)10-13/h4-9,13-15,22H,3,10-11H2,1-2H3,(H,23,24,25)/t13-,14-,15-/m0/s1. The second kappa shape index (κ2) is 7.02. The number of allylic oxidation sites excluding steroid dienone is 3. The zero-order valence-electron chi connectivity index (χ0n) is 15.5. The van der Waals surface area contributed by atoms with Gasteiger partial charge in [0.15, 0.2) is 0 Å². The number of carbonyl (C=O) groups is 2. The molecule has 1 amide bonds. The highest BCUT2D eigenvalue weighted by Crippen LogP contribution is 2.43. The van der Waals surface area contributed by atoms with Crippen LogP contribution in [0.15, 0.2) is 52.7 Å². The Hall–Kier alpha value is -2.89. The summed E-state index contributed by atoms with van der Waals surface area (Å²) in [6, 6.07) is 7.49. The Labute approximate surface area is 158 Å². The van der Waals surface area contributed by atoms with Gasteiger partial charge in [-0.3, -0.25) is 4.79 Å². The molecule has 0 saturated heterocycles. The first-order valence-electron chi connectivity index (χ1n) is 9.39. The molecule has 1 aromatic rings. The predicted octanol–water partition coefficient (Wildman–Crippen LogP) is 3.31. The molecule has 27 heavy (non-hydrogen) atoms. The highest BCUT2D eigenvalue weighted by Gasteiger charge is 2.40. The lowest BCUT2D eigenvalue weighted by molar-refractivity contribution is -0.137. The fourth-order valence-electron chi connectivity index (χ4n) is 4.13. The Balaban J connectivity index is 1.68. The van der Waals surface area contributed by atoms with E-state index in [4.69, 9.17) is 4.74 Å². The van der Waals surface area contributed by atoms with Crippen LogP contribution in [0.3, 0.4) is 0 Å². The van der Waals surface area contributed by atoms with E-state index < -0.39 is 5.97 Å². The van der Waals surface area contributed by atoms with Crippen molar-refractivity contribution in [1.82, 2.24) is 5.32 Å². The first-order chi connectivity index (χ1) is 13.1. The number of nitrogens with zero attached hydrogens (tertiary/aromatic N) is 1. The van der Waals surface area contributed by atoms with Crippen LogP contribution in [0.1, 0.15) is 26.7 Å². The third kappa shape index (κ3) is 3.27. The molecule has 0 spiro atoms. The topological polar surface area (TPSA) is 79.8 Å².